The molecular formula is C11H14N2O2S. The highest BCUT2D eigenvalue weighted by molar-refractivity contribution is 7.80. The highest BCUT2D eigenvalue weighted by Crippen LogP contribution is 2.20. The van der Waals surface area contributed by atoms with E-state index in [-0.39, 0.29) is 5.91 Å². The minimum absolute atomic E-state index is 0.191. The molecule has 1 rings (SSSR count). The second-order valence-corrected chi connectivity index (χ2v) is 3.72. The zero-order valence-corrected chi connectivity index (χ0v) is 10.3. The third-order valence-corrected chi connectivity index (χ3v) is 2.18. The zero-order valence-electron chi connectivity index (χ0n) is 9.46. The number of amides is 1. The third-order valence-electron chi connectivity index (χ3n) is 1.97. The monoisotopic (exact) mass is 238 g/mol. The summed E-state index contributed by atoms with van der Waals surface area (Å²) in [6.45, 7) is 3.34. The minimum Gasteiger partial charge on any atom is -0.497 e. The van der Waals surface area contributed by atoms with Crippen molar-refractivity contribution >= 4 is 28.9 Å². The molecule has 0 heterocycles. The second kappa shape index (κ2) is 5.46. The summed E-state index contributed by atoms with van der Waals surface area (Å²) in [5.74, 6) is 0.595. The van der Waals surface area contributed by atoms with Gasteiger partial charge in [-0.25, -0.2) is 0 Å². The molecule has 0 saturated carbocycles. The van der Waals surface area contributed by atoms with Crippen molar-refractivity contribution in [1.29, 1.82) is 0 Å². The highest BCUT2D eigenvalue weighted by Gasteiger charge is 2.03. The summed E-state index contributed by atoms with van der Waals surface area (Å²) in [6.07, 6.45) is 0. The van der Waals surface area contributed by atoms with Gasteiger partial charge in [-0.1, -0.05) is 0 Å². The Labute approximate surface area is 100.0 Å². The third kappa shape index (κ3) is 3.51. The maximum absolute atomic E-state index is 10.8. The fourth-order valence-electron chi connectivity index (χ4n) is 1.22. The molecule has 0 unspecified atom stereocenters. The van der Waals surface area contributed by atoms with E-state index in [4.69, 9.17) is 17.0 Å². The Morgan fingerprint density at radius 1 is 1.44 bits per heavy atom. The topological polar surface area (TPSA) is 50.4 Å². The summed E-state index contributed by atoms with van der Waals surface area (Å²) in [6, 6.07) is 5.56. The average molecular weight is 238 g/mol. The van der Waals surface area contributed by atoms with Crippen molar-refractivity contribution in [2.24, 2.45) is 0 Å². The molecule has 1 amide bonds. The van der Waals surface area contributed by atoms with Gasteiger partial charge in [0, 0.05) is 12.6 Å². The van der Waals surface area contributed by atoms with Gasteiger partial charge in [-0.3, -0.25) is 4.79 Å². The van der Waals surface area contributed by atoms with Crippen LogP contribution in [0.25, 0.3) is 0 Å². The van der Waals surface area contributed by atoms with Crippen LogP contribution in [-0.4, -0.2) is 18.1 Å². The van der Waals surface area contributed by atoms with Gasteiger partial charge in [0.15, 0.2) is 5.11 Å². The van der Waals surface area contributed by atoms with E-state index in [0.29, 0.717) is 5.11 Å². The van der Waals surface area contributed by atoms with Gasteiger partial charge in [-0.2, -0.15) is 0 Å². The number of hydrogen-bond acceptors (Lipinski definition) is 3. The summed E-state index contributed by atoms with van der Waals surface area (Å²) < 4.78 is 5.09. The first-order valence-electron chi connectivity index (χ1n) is 4.76. The molecule has 0 fully saturated rings. The Morgan fingerprint density at radius 3 is 2.62 bits per heavy atom. The normalized spacial score (nSPS) is 9.44. The van der Waals surface area contributed by atoms with E-state index in [2.05, 4.69) is 10.6 Å². The van der Waals surface area contributed by atoms with Crippen LogP contribution in [0.15, 0.2) is 18.2 Å². The van der Waals surface area contributed by atoms with Gasteiger partial charge in [-0.15, -0.1) is 0 Å². The van der Waals surface area contributed by atoms with Crippen molar-refractivity contribution in [1.82, 2.24) is 5.32 Å². The lowest BCUT2D eigenvalue weighted by Gasteiger charge is -2.11. The summed E-state index contributed by atoms with van der Waals surface area (Å²) in [5, 5.41) is 5.73. The predicted octanol–water partition coefficient (Wildman–Crippen LogP) is 1.84. The molecule has 0 aliphatic rings. The summed E-state index contributed by atoms with van der Waals surface area (Å²) >= 11 is 4.96. The lowest BCUT2D eigenvalue weighted by atomic mass is 10.2. The van der Waals surface area contributed by atoms with Crippen molar-refractivity contribution in [2.45, 2.75) is 13.8 Å². The molecule has 0 aliphatic heterocycles. The van der Waals surface area contributed by atoms with Gasteiger partial charge in [0.25, 0.3) is 0 Å². The van der Waals surface area contributed by atoms with Gasteiger partial charge in [0.1, 0.15) is 5.75 Å². The Kier molecular flexibility index (Phi) is 4.25. The molecule has 4 nitrogen and oxygen atoms in total. The molecule has 0 atom stereocenters. The van der Waals surface area contributed by atoms with E-state index >= 15 is 0 Å². The molecule has 2 N–H and O–H groups in total. The number of rotatable bonds is 2. The molecule has 0 bridgehead atoms. The number of ether oxygens (including phenoxy) is 1. The van der Waals surface area contributed by atoms with Gasteiger partial charge in [0.2, 0.25) is 5.91 Å². The quantitative estimate of drug-likeness (QED) is 0.772. The van der Waals surface area contributed by atoms with Gasteiger partial charge in [-0.05, 0) is 42.9 Å². The van der Waals surface area contributed by atoms with Crippen LogP contribution in [0, 0.1) is 6.92 Å². The fourth-order valence-corrected chi connectivity index (χ4v) is 1.47. The molecule has 0 aromatic heterocycles. The molecule has 0 radical (unpaired) electrons. The fraction of sp³-hybridized carbons (Fsp3) is 0.273. The number of thiocarbonyl (C=S) groups is 1. The van der Waals surface area contributed by atoms with Crippen LogP contribution >= 0.6 is 12.2 Å². The Hall–Kier alpha value is -1.62. The van der Waals surface area contributed by atoms with E-state index in [1.54, 1.807) is 7.11 Å². The van der Waals surface area contributed by atoms with Crippen molar-refractivity contribution in [3.05, 3.63) is 23.8 Å². The van der Waals surface area contributed by atoms with Crippen molar-refractivity contribution in [2.75, 3.05) is 12.4 Å². The van der Waals surface area contributed by atoms with Crippen LogP contribution < -0.4 is 15.4 Å². The first kappa shape index (κ1) is 12.4. The number of carbonyl (C=O) groups excluding carboxylic acids is 1. The molecule has 16 heavy (non-hydrogen) atoms. The summed E-state index contributed by atoms with van der Waals surface area (Å²) in [4.78, 5) is 10.8. The molecule has 0 aliphatic carbocycles. The molecule has 86 valence electrons. The summed E-state index contributed by atoms with van der Waals surface area (Å²) in [7, 11) is 1.61. The van der Waals surface area contributed by atoms with Crippen LogP contribution in [0.5, 0.6) is 5.75 Å². The van der Waals surface area contributed by atoms with E-state index < -0.39 is 0 Å². The zero-order chi connectivity index (χ0) is 12.1. The average Bonchev–Trinajstić information content (AvgIpc) is 2.19. The van der Waals surface area contributed by atoms with E-state index in [0.717, 1.165) is 17.0 Å². The second-order valence-electron chi connectivity index (χ2n) is 3.32. The number of hydrogen-bond donors (Lipinski definition) is 2. The lowest BCUT2D eigenvalue weighted by Crippen LogP contribution is -2.32. The minimum atomic E-state index is -0.191. The van der Waals surface area contributed by atoms with Crippen molar-refractivity contribution in [3.8, 4) is 5.75 Å². The summed E-state index contributed by atoms with van der Waals surface area (Å²) in [5.41, 5.74) is 1.84. The van der Waals surface area contributed by atoms with Crippen LogP contribution in [0.1, 0.15) is 12.5 Å². The Balaban J connectivity index is 2.74. The first-order chi connectivity index (χ1) is 7.52. The van der Waals surface area contributed by atoms with Crippen LogP contribution in [0.3, 0.4) is 0 Å². The number of benzene rings is 1. The lowest BCUT2D eigenvalue weighted by molar-refractivity contribution is -0.117. The predicted molar refractivity (Wildman–Crippen MR) is 67.8 cm³/mol. The SMILES string of the molecule is COc1ccc(NC(=S)NC(C)=O)c(C)c1. The smallest absolute Gasteiger partial charge is 0.222 e. The first-order valence-corrected chi connectivity index (χ1v) is 5.17. The van der Waals surface area contributed by atoms with Gasteiger partial charge in [0.05, 0.1) is 7.11 Å². The van der Waals surface area contributed by atoms with Crippen LogP contribution in [-0.2, 0) is 4.79 Å². The number of anilines is 1. The van der Waals surface area contributed by atoms with E-state index in [1.807, 2.05) is 25.1 Å². The van der Waals surface area contributed by atoms with Crippen LogP contribution in [0.2, 0.25) is 0 Å². The standard InChI is InChI=1S/C11H14N2O2S/c1-7-6-9(15-3)4-5-10(7)13-11(16)12-8(2)14/h4-6H,1-3H3,(H2,12,13,14,16). The highest BCUT2D eigenvalue weighted by atomic mass is 32.1. The van der Waals surface area contributed by atoms with Gasteiger partial charge < -0.3 is 15.4 Å². The maximum Gasteiger partial charge on any atom is 0.222 e. The molecule has 0 saturated heterocycles. The number of nitrogens with one attached hydrogen (secondary N) is 2. The number of carbonyl (C=O) groups is 1. The largest absolute Gasteiger partial charge is 0.497 e. The number of methoxy groups -OCH3 is 1. The van der Waals surface area contributed by atoms with E-state index in [1.165, 1.54) is 6.92 Å². The van der Waals surface area contributed by atoms with Crippen molar-refractivity contribution in [3.63, 3.8) is 0 Å². The van der Waals surface area contributed by atoms with E-state index in [9.17, 15) is 4.79 Å². The molecule has 5 heteroatoms. The molecular weight excluding hydrogens is 224 g/mol. The Bertz CT molecular complexity index is 418. The number of aryl methyl sites for hydroxylation is 1. The molecule has 1 aromatic carbocycles. The van der Waals surface area contributed by atoms with Crippen LogP contribution in [0.4, 0.5) is 5.69 Å². The molecule has 0 spiro atoms. The molecule has 1 aromatic rings. The van der Waals surface area contributed by atoms with Gasteiger partial charge >= 0.3 is 0 Å². The Morgan fingerprint density at radius 2 is 2.12 bits per heavy atom. The maximum atomic E-state index is 10.8. The van der Waals surface area contributed by atoms with Crippen molar-refractivity contribution < 1.29 is 9.53 Å².